The quantitative estimate of drug-likeness (QED) is 0.346. The Hall–Kier alpha value is -3.81. The molecule has 3 aromatic rings. The van der Waals surface area contributed by atoms with E-state index in [1.807, 2.05) is 60.6 Å². The first kappa shape index (κ1) is 21.9. The van der Waals surface area contributed by atoms with Crippen molar-refractivity contribution in [2.24, 2.45) is 4.99 Å². The molecule has 8 heteroatoms. The summed E-state index contributed by atoms with van der Waals surface area (Å²) in [6.07, 6.45) is 1.84. The van der Waals surface area contributed by atoms with Gasteiger partial charge >= 0.3 is 5.97 Å². The van der Waals surface area contributed by atoms with Crippen LogP contribution in [0, 0.1) is 0 Å². The zero-order valence-corrected chi connectivity index (χ0v) is 18.2. The number of H-pyrrole nitrogens is 1. The lowest BCUT2D eigenvalue weighted by molar-refractivity contribution is 0.0597. The van der Waals surface area contributed by atoms with Gasteiger partial charge in [-0.3, -0.25) is 4.99 Å². The van der Waals surface area contributed by atoms with Crippen molar-refractivity contribution in [3.63, 3.8) is 0 Å². The second kappa shape index (κ2) is 10.3. The summed E-state index contributed by atoms with van der Waals surface area (Å²) in [6.45, 7) is 1.08. The molecule has 1 aromatic heterocycles. The van der Waals surface area contributed by atoms with Gasteiger partial charge in [-0.25, -0.2) is 9.78 Å². The Labute approximate surface area is 181 Å². The second-order valence-electron chi connectivity index (χ2n) is 6.89. The SMILES string of the molecule is CN=C(NCc1ccc(C(=O)OC)c(OC)c1)N(C)Cc1ncc(-c2ccccc2)[nH]1. The number of carbonyl (C=O) groups excluding carboxylic acids is 1. The van der Waals surface area contributed by atoms with Crippen molar-refractivity contribution in [3.05, 3.63) is 71.7 Å². The number of nitrogens with zero attached hydrogens (tertiary/aromatic N) is 3. The van der Waals surface area contributed by atoms with Crippen molar-refractivity contribution in [1.82, 2.24) is 20.2 Å². The second-order valence-corrected chi connectivity index (χ2v) is 6.89. The molecular formula is C23H27N5O3. The van der Waals surface area contributed by atoms with Gasteiger partial charge in [0.15, 0.2) is 5.96 Å². The van der Waals surface area contributed by atoms with E-state index < -0.39 is 5.97 Å². The highest BCUT2D eigenvalue weighted by Crippen LogP contribution is 2.21. The number of esters is 1. The van der Waals surface area contributed by atoms with Crippen LogP contribution in [0.4, 0.5) is 0 Å². The highest BCUT2D eigenvalue weighted by molar-refractivity contribution is 5.92. The van der Waals surface area contributed by atoms with Gasteiger partial charge in [-0.05, 0) is 23.3 Å². The smallest absolute Gasteiger partial charge is 0.341 e. The Bertz CT molecular complexity index is 1050. The van der Waals surface area contributed by atoms with Crippen molar-refractivity contribution in [3.8, 4) is 17.0 Å². The number of benzene rings is 2. The van der Waals surface area contributed by atoms with Crippen LogP contribution >= 0.6 is 0 Å². The Morgan fingerprint density at radius 3 is 2.65 bits per heavy atom. The molecule has 3 rings (SSSR count). The van der Waals surface area contributed by atoms with E-state index in [9.17, 15) is 4.79 Å². The number of aromatic amines is 1. The predicted octanol–water partition coefficient (Wildman–Crippen LogP) is 3.08. The van der Waals surface area contributed by atoms with Gasteiger partial charge in [0.1, 0.15) is 17.1 Å². The van der Waals surface area contributed by atoms with E-state index in [0.717, 1.165) is 22.6 Å². The number of imidazole rings is 1. The van der Waals surface area contributed by atoms with Crippen LogP contribution in [0.2, 0.25) is 0 Å². The Balaban J connectivity index is 1.63. The molecule has 0 saturated carbocycles. The van der Waals surface area contributed by atoms with Gasteiger partial charge in [-0.2, -0.15) is 0 Å². The van der Waals surface area contributed by atoms with Crippen LogP contribution in [0.1, 0.15) is 21.7 Å². The lowest BCUT2D eigenvalue weighted by Crippen LogP contribution is -2.38. The number of hydrogen-bond donors (Lipinski definition) is 2. The van der Waals surface area contributed by atoms with Crippen molar-refractivity contribution in [2.75, 3.05) is 28.3 Å². The monoisotopic (exact) mass is 421 g/mol. The van der Waals surface area contributed by atoms with Crippen molar-refractivity contribution >= 4 is 11.9 Å². The highest BCUT2D eigenvalue weighted by Gasteiger charge is 2.14. The number of guanidine groups is 1. The average molecular weight is 422 g/mol. The molecule has 8 nitrogen and oxygen atoms in total. The number of methoxy groups -OCH3 is 2. The minimum atomic E-state index is -0.430. The van der Waals surface area contributed by atoms with Gasteiger partial charge in [0.2, 0.25) is 0 Å². The van der Waals surface area contributed by atoms with Gasteiger partial charge in [0, 0.05) is 20.6 Å². The third kappa shape index (κ3) is 5.42. The molecule has 2 N–H and O–H groups in total. The van der Waals surface area contributed by atoms with E-state index in [2.05, 4.69) is 20.3 Å². The number of aliphatic imine (C=N–C) groups is 1. The van der Waals surface area contributed by atoms with E-state index in [4.69, 9.17) is 9.47 Å². The molecule has 0 amide bonds. The van der Waals surface area contributed by atoms with Crippen LogP contribution in [-0.4, -0.2) is 55.1 Å². The Morgan fingerprint density at radius 2 is 1.97 bits per heavy atom. The van der Waals surface area contributed by atoms with Gasteiger partial charge < -0.3 is 24.7 Å². The molecule has 1 heterocycles. The molecule has 0 saturated heterocycles. The van der Waals surface area contributed by atoms with Crippen LogP contribution in [0.25, 0.3) is 11.3 Å². The lowest BCUT2D eigenvalue weighted by atomic mass is 10.1. The summed E-state index contributed by atoms with van der Waals surface area (Å²) in [5.41, 5.74) is 3.41. The molecule has 0 radical (unpaired) electrons. The summed E-state index contributed by atoms with van der Waals surface area (Å²) in [6, 6.07) is 15.4. The summed E-state index contributed by atoms with van der Waals surface area (Å²) < 4.78 is 10.1. The van der Waals surface area contributed by atoms with Gasteiger partial charge in [0.05, 0.1) is 32.7 Å². The molecule has 0 atom stereocenters. The van der Waals surface area contributed by atoms with Crippen LogP contribution in [0.3, 0.4) is 0 Å². The topological polar surface area (TPSA) is 91.8 Å². The van der Waals surface area contributed by atoms with Gasteiger partial charge in [-0.15, -0.1) is 0 Å². The summed E-state index contributed by atoms with van der Waals surface area (Å²) in [4.78, 5) is 26.0. The maximum Gasteiger partial charge on any atom is 0.341 e. The van der Waals surface area contributed by atoms with Crippen LogP contribution in [0.15, 0.2) is 59.7 Å². The molecule has 0 bridgehead atoms. The van der Waals surface area contributed by atoms with Crippen LogP contribution < -0.4 is 10.1 Å². The molecule has 0 aliphatic carbocycles. The highest BCUT2D eigenvalue weighted by atomic mass is 16.5. The molecule has 0 spiro atoms. The van der Waals surface area contributed by atoms with Crippen molar-refractivity contribution in [2.45, 2.75) is 13.1 Å². The minimum absolute atomic E-state index is 0.391. The van der Waals surface area contributed by atoms with Crippen LogP contribution in [0.5, 0.6) is 5.75 Å². The Kier molecular flexibility index (Phi) is 7.26. The zero-order valence-electron chi connectivity index (χ0n) is 18.2. The van der Waals surface area contributed by atoms with Gasteiger partial charge in [-0.1, -0.05) is 36.4 Å². The van der Waals surface area contributed by atoms with Crippen LogP contribution in [-0.2, 0) is 17.8 Å². The van der Waals surface area contributed by atoms with Gasteiger partial charge in [0.25, 0.3) is 0 Å². The summed E-state index contributed by atoms with van der Waals surface area (Å²) in [5, 5.41) is 3.32. The first-order chi connectivity index (χ1) is 15.0. The molecule has 2 aromatic carbocycles. The third-order valence-electron chi connectivity index (χ3n) is 4.80. The number of carbonyl (C=O) groups is 1. The summed E-state index contributed by atoms with van der Waals surface area (Å²) in [5.74, 6) is 1.60. The molecule has 0 aliphatic rings. The molecule has 0 unspecified atom stereocenters. The predicted molar refractivity (Wildman–Crippen MR) is 120 cm³/mol. The molecule has 0 fully saturated rings. The number of rotatable bonds is 7. The normalized spacial score (nSPS) is 11.2. The average Bonchev–Trinajstić information content (AvgIpc) is 3.27. The zero-order chi connectivity index (χ0) is 22.2. The summed E-state index contributed by atoms with van der Waals surface area (Å²) >= 11 is 0. The molecule has 31 heavy (non-hydrogen) atoms. The maximum absolute atomic E-state index is 11.8. The number of hydrogen-bond acceptors (Lipinski definition) is 5. The molecule has 162 valence electrons. The maximum atomic E-state index is 11.8. The minimum Gasteiger partial charge on any atom is -0.496 e. The van der Waals surface area contributed by atoms with E-state index >= 15 is 0 Å². The first-order valence-corrected chi connectivity index (χ1v) is 9.82. The van der Waals surface area contributed by atoms with E-state index in [1.54, 1.807) is 13.1 Å². The van der Waals surface area contributed by atoms with Crippen molar-refractivity contribution < 1.29 is 14.3 Å². The Morgan fingerprint density at radius 1 is 1.19 bits per heavy atom. The molecule has 0 aliphatic heterocycles. The third-order valence-corrected chi connectivity index (χ3v) is 4.80. The number of ether oxygens (including phenoxy) is 2. The number of aromatic nitrogens is 2. The summed E-state index contributed by atoms with van der Waals surface area (Å²) in [7, 11) is 6.55. The fraction of sp³-hybridized carbons (Fsp3) is 0.261. The number of nitrogens with one attached hydrogen (secondary N) is 2. The molecular weight excluding hydrogens is 394 g/mol. The largest absolute Gasteiger partial charge is 0.496 e. The first-order valence-electron chi connectivity index (χ1n) is 9.82. The van der Waals surface area contributed by atoms with E-state index in [-0.39, 0.29) is 0 Å². The van der Waals surface area contributed by atoms with E-state index in [0.29, 0.717) is 30.4 Å². The van der Waals surface area contributed by atoms with E-state index in [1.165, 1.54) is 14.2 Å². The standard InChI is InChI=1S/C23H27N5O3/c1-24-23(26-13-16-10-11-18(22(29)31-4)20(12-16)30-3)28(2)15-21-25-14-19(27-21)17-8-6-5-7-9-17/h5-12,14H,13,15H2,1-4H3,(H,24,26)(H,25,27). The lowest BCUT2D eigenvalue weighted by Gasteiger charge is -2.21. The fourth-order valence-corrected chi connectivity index (χ4v) is 3.20. The fourth-order valence-electron chi connectivity index (χ4n) is 3.20. The van der Waals surface area contributed by atoms with Crippen molar-refractivity contribution in [1.29, 1.82) is 0 Å².